The van der Waals surface area contributed by atoms with E-state index in [2.05, 4.69) is 20.6 Å². The molecule has 0 aromatic carbocycles. The summed E-state index contributed by atoms with van der Waals surface area (Å²) < 4.78 is 0. The van der Waals surface area contributed by atoms with Gasteiger partial charge < -0.3 is 25.8 Å². The third kappa shape index (κ3) is 3.58. The van der Waals surface area contributed by atoms with Crippen LogP contribution in [0.3, 0.4) is 0 Å². The maximum Gasteiger partial charge on any atom is 0.328 e. The topological polar surface area (TPSA) is 127 Å². The molecule has 0 bridgehead atoms. The standard InChI is InChI=1S/C8H12N4O4/c13-4-5(7(14)15)12-8(16)11-3-6-9-1-2-10-6/h1-2,5,13H,3-4H2,(H,9,10)(H,14,15)(H2,11,12,16)/t5-/m0/s1. The van der Waals surface area contributed by atoms with Crippen molar-refractivity contribution >= 4 is 12.0 Å². The summed E-state index contributed by atoms with van der Waals surface area (Å²) in [6, 6.07) is -1.99. The number of aromatic nitrogens is 2. The molecule has 0 saturated heterocycles. The SMILES string of the molecule is O=C(NCc1ncc[nH]1)N[C@@H](CO)C(=O)O. The molecule has 0 fully saturated rings. The molecule has 1 heterocycles. The van der Waals surface area contributed by atoms with Crippen LogP contribution >= 0.6 is 0 Å². The third-order valence-corrected chi connectivity index (χ3v) is 1.76. The van der Waals surface area contributed by atoms with Gasteiger partial charge >= 0.3 is 12.0 Å². The minimum absolute atomic E-state index is 0.149. The van der Waals surface area contributed by atoms with Gasteiger partial charge in [0.05, 0.1) is 13.2 Å². The molecule has 88 valence electrons. The highest BCUT2D eigenvalue weighted by Gasteiger charge is 2.18. The Morgan fingerprint density at radius 1 is 1.56 bits per heavy atom. The number of carboxylic acid groups (broad SMARTS) is 1. The van der Waals surface area contributed by atoms with Crippen molar-refractivity contribution in [2.24, 2.45) is 0 Å². The molecule has 0 aliphatic rings. The number of urea groups is 1. The summed E-state index contributed by atoms with van der Waals surface area (Å²) in [5, 5.41) is 21.7. The average molecular weight is 228 g/mol. The maximum absolute atomic E-state index is 11.2. The quantitative estimate of drug-likeness (QED) is 0.426. The molecule has 1 rings (SSSR count). The Morgan fingerprint density at radius 3 is 2.81 bits per heavy atom. The Balaban J connectivity index is 2.33. The van der Waals surface area contributed by atoms with Crippen LogP contribution < -0.4 is 10.6 Å². The molecule has 0 aliphatic heterocycles. The zero-order valence-corrected chi connectivity index (χ0v) is 8.30. The summed E-state index contributed by atoms with van der Waals surface area (Å²) in [4.78, 5) is 28.3. The monoisotopic (exact) mass is 228 g/mol. The van der Waals surface area contributed by atoms with E-state index >= 15 is 0 Å². The predicted molar refractivity (Wildman–Crippen MR) is 52.5 cm³/mol. The van der Waals surface area contributed by atoms with E-state index in [0.717, 1.165) is 0 Å². The molecule has 0 saturated carbocycles. The molecule has 2 amide bonds. The van der Waals surface area contributed by atoms with E-state index in [4.69, 9.17) is 10.2 Å². The van der Waals surface area contributed by atoms with Crippen molar-refractivity contribution in [1.82, 2.24) is 20.6 Å². The highest BCUT2D eigenvalue weighted by molar-refractivity contribution is 5.82. The first-order valence-corrected chi connectivity index (χ1v) is 4.49. The van der Waals surface area contributed by atoms with Crippen LogP contribution in [-0.4, -0.2) is 44.8 Å². The lowest BCUT2D eigenvalue weighted by atomic mass is 10.3. The van der Waals surface area contributed by atoms with Crippen LogP contribution in [0, 0.1) is 0 Å². The Kier molecular flexibility index (Phi) is 4.28. The number of aliphatic hydroxyl groups is 1. The fourth-order valence-corrected chi connectivity index (χ4v) is 0.953. The van der Waals surface area contributed by atoms with Crippen molar-refractivity contribution in [2.45, 2.75) is 12.6 Å². The lowest BCUT2D eigenvalue weighted by Crippen LogP contribution is -2.47. The van der Waals surface area contributed by atoms with Crippen LogP contribution in [0.15, 0.2) is 12.4 Å². The van der Waals surface area contributed by atoms with Crippen LogP contribution in [0.4, 0.5) is 4.79 Å². The summed E-state index contributed by atoms with van der Waals surface area (Å²) in [6.45, 7) is -0.514. The first-order valence-electron chi connectivity index (χ1n) is 4.49. The van der Waals surface area contributed by atoms with E-state index in [1.807, 2.05) is 0 Å². The lowest BCUT2D eigenvalue weighted by molar-refractivity contribution is -0.140. The van der Waals surface area contributed by atoms with Gasteiger partial charge in [-0.25, -0.2) is 14.6 Å². The van der Waals surface area contributed by atoms with Gasteiger partial charge in [-0.15, -0.1) is 0 Å². The van der Waals surface area contributed by atoms with Crippen molar-refractivity contribution in [1.29, 1.82) is 0 Å². The number of carbonyl (C=O) groups excluding carboxylic acids is 1. The molecular formula is C8H12N4O4. The number of carbonyl (C=O) groups is 2. The van der Waals surface area contributed by atoms with Crippen LogP contribution in [-0.2, 0) is 11.3 Å². The van der Waals surface area contributed by atoms with E-state index in [9.17, 15) is 9.59 Å². The Labute approximate surface area is 90.7 Å². The number of rotatable bonds is 5. The summed E-state index contributed by atoms with van der Waals surface area (Å²) in [7, 11) is 0. The molecule has 8 nitrogen and oxygen atoms in total. The second-order valence-electron chi connectivity index (χ2n) is 2.94. The van der Waals surface area contributed by atoms with Gasteiger partial charge in [-0.05, 0) is 0 Å². The third-order valence-electron chi connectivity index (χ3n) is 1.76. The molecule has 0 spiro atoms. The van der Waals surface area contributed by atoms with E-state index in [-0.39, 0.29) is 6.54 Å². The Hall–Kier alpha value is -2.09. The predicted octanol–water partition coefficient (Wildman–Crippen LogP) is -1.35. The number of imidazole rings is 1. The molecular weight excluding hydrogens is 216 g/mol. The summed E-state index contributed by atoms with van der Waals surface area (Å²) in [5.74, 6) is -0.748. The van der Waals surface area contributed by atoms with Crippen molar-refractivity contribution in [3.05, 3.63) is 18.2 Å². The Morgan fingerprint density at radius 2 is 2.31 bits per heavy atom. The van der Waals surface area contributed by atoms with Crippen LogP contribution in [0.1, 0.15) is 5.82 Å². The molecule has 0 radical (unpaired) electrons. The molecule has 1 aromatic heterocycles. The fraction of sp³-hybridized carbons (Fsp3) is 0.375. The highest BCUT2D eigenvalue weighted by atomic mass is 16.4. The van der Waals surface area contributed by atoms with E-state index < -0.39 is 24.6 Å². The van der Waals surface area contributed by atoms with E-state index in [1.54, 1.807) is 6.20 Å². The number of amides is 2. The zero-order valence-electron chi connectivity index (χ0n) is 8.30. The first-order chi connectivity index (χ1) is 7.63. The Bertz CT molecular complexity index is 351. The van der Waals surface area contributed by atoms with Gasteiger partial charge in [0.15, 0.2) is 6.04 Å². The number of aliphatic carboxylic acids is 1. The van der Waals surface area contributed by atoms with Gasteiger partial charge in [-0.2, -0.15) is 0 Å². The van der Waals surface area contributed by atoms with Crippen molar-refractivity contribution < 1.29 is 19.8 Å². The molecule has 0 unspecified atom stereocenters. The van der Waals surface area contributed by atoms with Crippen LogP contribution in [0.2, 0.25) is 0 Å². The molecule has 16 heavy (non-hydrogen) atoms. The van der Waals surface area contributed by atoms with Gasteiger partial charge in [-0.3, -0.25) is 0 Å². The number of nitrogens with one attached hydrogen (secondary N) is 3. The highest BCUT2D eigenvalue weighted by Crippen LogP contribution is 1.87. The van der Waals surface area contributed by atoms with Crippen LogP contribution in [0.5, 0.6) is 0 Å². The number of carboxylic acids is 1. The number of H-pyrrole nitrogens is 1. The second kappa shape index (κ2) is 5.71. The maximum atomic E-state index is 11.2. The molecule has 8 heteroatoms. The summed E-state index contributed by atoms with van der Waals surface area (Å²) in [6.07, 6.45) is 3.13. The smallest absolute Gasteiger partial charge is 0.328 e. The normalized spacial score (nSPS) is 11.8. The minimum atomic E-state index is -1.31. The van der Waals surface area contributed by atoms with Gasteiger partial charge in [0.2, 0.25) is 0 Å². The van der Waals surface area contributed by atoms with Gasteiger partial charge in [0, 0.05) is 12.4 Å². The fourth-order valence-electron chi connectivity index (χ4n) is 0.953. The molecule has 5 N–H and O–H groups in total. The van der Waals surface area contributed by atoms with Gasteiger partial charge in [0.25, 0.3) is 0 Å². The summed E-state index contributed by atoms with van der Waals surface area (Å²) >= 11 is 0. The summed E-state index contributed by atoms with van der Waals surface area (Å²) in [5.41, 5.74) is 0. The molecule has 0 aliphatic carbocycles. The number of hydrogen-bond donors (Lipinski definition) is 5. The number of hydrogen-bond acceptors (Lipinski definition) is 4. The van der Waals surface area contributed by atoms with Gasteiger partial charge in [0.1, 0.15) is 5.82 Å². The van der Waals surface area contributed by atoms with Gasteiger partial charge in [-0.1, -0.05) is 0 Å². The lowest BCUT2D eigenvalue weighted by Gasteiger charge is -2.11. The molecule has 1 atom stereocenters. The van der Waals surface area contributed by atoms with Crippen molar-refractivity contribution in [2.75, 3.05) is 6.61 Å². The second-order valence-corrected chi connectivity index (χ2v) is 2.94. The van der Waals surface area contributed by atoms with E-state index in [1.165, 1.54) is 6.20 Å². The van der Waals surface area contributed by atoms with Crippen molar-refractivity contribution in [3.63, 3.8) is 0 Å². The van der Waals surface area contributed by atoms with E-state index in [0.29, 0.717) is 5.82 Å². The largest absolute Gasteiger partial charge is 0.480 e. The number of aromatic amines is 1. The first kappa shape index (κ1) is 12.0. The number of aliphatic hydroxyl groups excluding tert-OH is 1. The van der Waals surface area contributed by atoms with Crippen molar-refractivity contribution in [3.8, 4) is 0 Å². The molecule has 1 aromatic rings. The number of nitrogens with zero attached hydrogens (tertiary/aromatic N) is 1. The van der Waals surface area contributed by atoms with Crippen LogP contribution in [0.25, 0.3) is 0 Å². The average Bonchev–Trinajstić information content (AvgIpc) is 2.75. The minimum Gasteiger partial charge on any atom is -0.480 e. The zero-order chi connectivity index (χ0) is 12.0.